The highest BCUT2D eigenvalue weighted by atomic mass is 32.2. The van der Waals surface area contributed by atoms with E-state index in [0.717, 1.165) is 29.8 Å². The average Bonchev–Trinajstić information content (AvgIpc) is 3.09. The fraction of sp³-hybridized carbons (Fsp3) is 0.360. The van der Waals surface area contributed by atoms with Crippen molar-refractivity contribution in [2.75, 3.05) is 23.2 Å². The molecule has 0 aliphatic heterocycles. The van der Waals surface area contributed by atoms with E-state index in [4.69, 9.17) is 9.90 Å². The lowest BCUT2D eigenvalue weighted by molar-refractivity contribution is -0.192. The lowest BCUT2D eigenvalue weighted by Crippen LogP contribution is -2.23. The maximum atomic E-state index is 12.7. The van der Waals surface area contributed by atoms with Crippen molar-refractivity contribution >= 4 is 33.5 Å². The number of carboxylic acid groups (broad SMARTS) is 2. The summed E-state index contributed by atoms with van der Waals surface area (Å²) in [4.78, 5) is 26.9. The number of alkyl halides is 3. The summed E-state index contributed by atoms with van der Waals surface area (Å²) in [6.45, 7) is 6.38. The van der Waals surface area contributed by atoms with Gasteiger partial charge in [0.05, 0.1) is 22.5 Å². The molecule has 0 aliphatic carbocycles. The fourth-order valence-corrected chi connectivity index (χ4v) is 4.89. The molecule has 2 heterocycles. The molecule has 15 heteroatoms. The molecule has 0 bridgehead atoms. The molecular formula is C25H30F3N5O6S. The minimum atomic E-state index is -5.08. The molecule has 0 unspecified atom stereocenters. The van der Waals surface area contributed by atoms with Gasteiger partial charge < -0.3 is 15.1 Å². The number of rotatable bonds is 9. The molecule has 218 valence electrons. The van der Waals surface area contributed by atoms with Crippen molar-refractivity contribution < 1.29 is 41.4 Å². The number of anilines is 2. The summed E-state index contributed by atoms with van der Waals surface area (Å²) >= 11 is 0. The lowest BCUT2D eigenvalue weighted by Gasteiger charge is -2.20. The van der Waals surface area contributed by atoms with Crippen LogP contribution in [-0.4, -0.2) is 65.1 Å². The highest BCUT2D eigenvalue weighted by Gasteiger charge is 2.38. The van der Waals surface area contributed by atoms with Gasteiger partial charge in [-0.2, -0.15) is 18.3 Å². The van der Waals surface area contributed by atoms with E-state index in [1.165, 1.54) is 23.9 Å². The molecule has 0 aliphatic rings. The molecule has 3 rings (SSSR count). The van der Waals surface area contributed by atoms with Crippen molar-refractivity contribution in [2.24, 2.45) is 7.05 Å². The first-order valence-electron chi connectivity index (χ1n) is 11.8. The van der Waals surface area contributed by atoms with Crippen molar-refractivity contribution in [2.45, 2.75) is 44.7 Å². The van der Waals surface area contributed by atoms with Gasteiger partial charge >= 0.3 is 18.1 Å². The van der Waals surface area contributed by atoms with Gasteiger partial charge in [0.25, 0.3) is 10.0 Å². The van der Waals surface area contributed by atoms with Gasteiger partial charge in [-0.1, -0.05) is 12.1 Å². The first kappa shape index (κ1) is 32.1. The van der Waals surface area contributed by atoms with E-state index in [1.54, 1.807) is 37.1 Å². The first-order chi connectivity index (χ1) is 18.4. The number of nitrogens with one attached hydrogen (secondary N) is 1. The Hall–Kier alpha value is -4.14. The van der Waals surface area contributed by atoms with Crippen LogP contribution < -0.4 is 9.62 Å². The molecule has 40 heavy (non-hydrogen) atoms. The second-order valence-electron chi connectivity index (χ2n) is 8.92. The topological polar surface area (TPSA) is 155 Å². The maximum absolute atomic E-state index is 12.7. The van der Waals surface area contributed by atoms with Crippen LogP contribution >= 0.6 is 0 Å². The molecule has 0 saturated heterocycles. The quantitative estimate of drug-likeness (QED) is 0.339. The molecule has 11 nitrogen and oxygen atoms in total. The van der Waals surface area contributed by atoms with Gasteiger partial charge in [0.1, 0.15) is 11.4 Å². The summed E-state index contributed by atoms with van der Waals surface area (Å²) in [5, 5.41) is 21.3. The number of pyridine rings is 1. The second kappa shape index (κ2) is 12.8. The van der Waals surface area contributed by atoms with Crippen molar-refractivity contribution in [3.05, 3.63) is 64.6 Å². The van der Waals surface area contributed by atoms with E-state index >= 15 is 0 Å². The average molecular weight is 586 g/mol. The van der Waals surface area contributed by atoms with Crippen molar-refractivity contribution in [3.63, 3.8) is 0 Å². The van der Waals surface area contributed by atoms with Crippen LogP contribution in [0.3, 0.4) is 0 Å². The SMILES string of the molecule is Cc1cccc(S(=O)(=O)Nc2cnc(N(C)CCCc3c(C)nn(C)c3C)c(C(=O)O)c2)c1.O=C(O)C(F)(F)F. The Labute approximate surface area is 229 Å². The number of hydrogen-bond donors (Lipinski definition) is 3. The third kappa shape index (κ3) is 8.43. The lowest BCUT2D eigenvalue weighted by atomic mass is 10.1. The standard InChI is InChI=1S/C23H29N5O4S.C2HF3O2/c1-15-8-6-9-19(12-15)33(31,32)26-18-13-21(23(29)30)22(24-14-18)27(4)11-7-10-20-16(2)25-28(5)17(20)3;3-2(4,5)1(6)7/h6,8-9,12-14,26H,7,10-11H2,1-5H3,(H,29,30);(H,6,7). The highest BCUT2D eigenvalue weighted by molar-refractivity contribution is 7.92. The van der Waals surface area contributed by atoms with Crippen molar-refractivity contribution in [1.82, 2.24) is 14.8 Å². The largest absolute Gasteiger partial charge is 0.490 e. The summed E-state index contributed by atoms with van der Waals surface area (Å²) in [7, 11) is -0.182. The molecule has 0 atom stereocenters. The van der Waals surface area contributed by atoms with E-state index in [9.17, 15) is 31.5 Å². The Bertz CT molecular complexity index is 1490. The molecule has 0 saturated carbocycles. The smallest absolute Gasteiger partial charge is 0.478 e. The molecule has 0 spiro atoms. The number of benzene rings is 1. The Morgan fingerprint density at radius 3 is 2.25 bits per heavy atom. The van der Waals surface area contributed by atoms with E-state index in [1.807, 2.05) is 25.6 Å². The summed E-state index contributed by atoms with van der Waals surface area (Å²) in [6, 6.07) is 7.77. The number of nitrogens with zero attached hydrogens (tertiary/aromatic N) is 4. The first-order valence-corrected chi connectivity index (χ1v) is 13.3. The zero-order valence-electron chi connectivity index (χ0n) is 22.4. The summed E-state index contributed by atoms with van der Waals surface area (Å²) in [5.41, 5.74) is 4.12. The third-order valence-corrected chi connectivity index (χ3v) is 7.21. The van der Waals surface area contributed by atoms with Gasteiger partial charge in [-0.15, -0.1) is 0 Å². The number of aryl methyl sites for hydroxylation is 3. The number of carbonyl (C=O) groups is 2. The predicted molar refractivity (Wildman–Crippen MR) is 141 cm³/mol. The minimum Gasteiger partial charge on any atom is -0.478 e. The van der Waals surface area contributed by atoms with Crippen LogP contribution in [0.4, 0.5) is 24.7 Å². The van der Waals surface area contributed by atoms with E-state index in [-0.39, 0.29) is 22.0 Å². The molecular weight excluding hydrogens is 555 g/mol. The van der Waals surface area contributed by atoms with Crippen LogP contribution in [0.1, 0.15) is 39.3 Å². The fourth-order valence-electron chi connectivity index (χ4n) is 3.75. The monoisotopic (exact) mass is 585 g/mol. The van der Waals surface area contributed by atoms with Crippen molar-refractivity contribution in [3.8, 4) is 0 Å². The van der Waals surface area contributed by atoms with Gasteiger partial charge in [-0.05, 0) is 62.9 Å². The van der Waals surface area contributed by atoms with Crippen LogP contribution in [0, 0.1) is 20.8 Å². The zero-order chi connectivity index (χ0) is 30.4. The van der Waals surface area contributed by atoms with Gasteiger partial charge in [-0.25, -0.2) is 23.0 Å². The summed E-state index contributed by atoms with van der Waals surface area (Å²) in [6.07, 6.45) is -2.15. The van der Waals surface area contributed by atoms with E-state index in [0.29, 0.717) is 6.54 Å². The third-order valence-electron chi connectivity index (χ3n) is 5.83. The maximum Gasteiger partial charge on any atom is 0.490 e. The van der Waals surface area contributed by atoms with Gasteiger partial charge in [0.15, 0.2) is 0 Å². The Kier molecular flexibility index (Phi) is 10.3. The van der Waals surface area contributed by atoms with Crippen molar-refractivity contribution in [1.29, 1.82) is 0 Å². The van der Waals surface area contributed by atoms with Crippen LogP contribution in [0.5, 0.6) is 0 Å². The molecule has 0 radical (unpaired) electrons. The van der Waals surface area contributed by atoms with E-state index in [2.05, 4.69) is 14.8 Å². The number of hydrogen-bond acceptors (Lipinski definition) is 7. The van der Waals surface area contributed by atoms with E-state index < -0.39 is 28.1 Å². The molecule has 3 aromatic rings. The number of carboxylic acids is 2. The van der Waals surface area contributed by atoms with Gasteiger partial charge in [0, 0.05) is 26.3 Å². The molecule has 0 amide bonds. The van der Waals surface area contributed by atoms with Gasteiger partial charge in [-0.3, -0.25) is 9.40 Å². The normalized spacial score (nSPS) is 11.4. The number of aromatic nitrogens is 3. The van der Waals surface area contributed by atoms with Crippen LogP contribution in [0.2, 0.25) is 0 Å². The Morgan fingerprint density at radius 2 is 1.75 bits per heavy atom. The Balaban J connectivity index is 0.000000708. The molecule has 1 aromatic carbocycles. The number of sulfonamides is 1. The minimum absolute atomic E-state index is 0.0734. The zero-order valence-corrected chi connectivity index (χ0v) is 23.3. The predicted octanol–water partition coefficient (Wildman–Crippen LogP) is 3.94. The molecule has 0 fully saturated rings. The number of aliphatic carboxylic acids is 1. The second-order valence-corrected chi connectivity index (χ2v) is 10.6. The van der Waals surface area contributed by atoms with Gasteiger partial charge in [0.2, 0.25) is 0 Å². The molecule has 2 aromatic heterocycles. The number of halogens is 3. The molecule has 3 N–H and O–H groups in total. The number of aromatic carboxylic acids is 1. The Morgan fingerprint density at radius 1 is 1.12 bits per heavy atom. The summed E-state index contributed by atoms with van der Waals surface area (Å²) in [5.74, 6) is -3.66. The summed E-state index contributed by atoms with van der Waals surface area (Å²) < 4.78 is 61.4. The van der Waals surface area contributed by atoms with Crippen LogP contribution in [-0.2, 0) is 28.3 Å². The highest BCUT2D eigenvalue weighted by Crippen LogP contribution is 2.24. The van der Waals surface area contributed by atoms with Crippen LogP contribution in [0.15, 0.2) is 41.4 Å². The van der Waals surface area contributed by atoms with Crippen LogP contribution in [0.25, 0.3) is 0 Å².